The molecule has 5 atom stereocenters. The number of rotatable bonds is 6. The van der Waals surface area contributed by atoms with E-state index in [0.717, 1.165) is 0 Å². The SMILES string of the molecule is CC(=O)N[C@H]1[C@@H]([C@H](O)CO)OC(OCCO)C[C@@H]1O. The molecule has 1 saturated heterocycles. The number of hydrogen-bond donors (Lipinski definition) is 5. The summed E-state index contributed by atoms with van der Waals surface area (Å²) in [5, 5.41) is 39.8. The molecule has 5 N–H and O–H groups in total. The molecular weight excluding hydrogens is 258 g/mol. The number of nitrogens with one attached hydrogen (secondary N) is 1. The third kappa shape index (κ3) is 4.68. The Bertz CT molecular complexity index is 288. The minimum atomic E-state index is -1.26. The first kappa shape index (κ1) is 16.3. The fourth-order valence-electron chi connectivity index (χ4n) is 2.02. The molecule has 0 aromatic rings. The first-order valence-electron chi connectivity index (χ1n) is 6.11. The molecule has 1 amide bonds. The molecule has 0 saturated carbocycles. The van der Waals surface area contributed by atoms with Crippen LogP contribution in [0.4, 0.5) is 0 Å². The van der Waals surface area contributed by atoms with Gasteiger partial charge in [-0.05, 0) is 0 Å². The molecule has 1 unspecified atom stereocenters. The molecule has 1 aliphatic rings. The molecule has 19 heavy (non-hydrogen) atoms. The number of aliphatic hydroxyl groups is 4. The van der Waals surface area contributed by atoms with Crippen molar-refractivity contribution in [2.75, 3.05) is 19.8 Å². The minimum Gasteiger partial charge on any atom is -0.394 e. The minimum absolute atomic E-state index is 0.0319. The molecule has 1 rings (SSSR count). The zero-order valence-corrected chi connectivity index (χ0v) is 10.7. The van der Waals surface area contributed by atoms with Gasteiger partial charge in [0.1, 0.15) is 12.2 Å². The average molecular weight is 279 g/mol. The molecule has 0 bridgehead atoms. The monoisotopic (exact) mass is 279 g/mol. The highest BCUT2D eigenvalue weighted by molar-refractivity contribution is 5.73. The van der Waals surface area contributed by atoms with Gasteiger partial charge >= 0.3 is 0 Å². The van der Waals surface area contributed by atoms with Gasteiger partial charge in [0.05, 0.1) is 32.0 Å². The highest BCUT2D eigenvalue weighted by atomic mass is 16.7. The predicted molar refractivity (Wildman–Crippen MR) is 63.0 cm³/mol. The molecule has 0 spiro atoms. The van der Waals surface area contributed by atoms with E-state index in [-0.39, 0.29) is 25.5 Å². The van der Waals surface area contributed by atoms with Gasteiger partial charge in [0.15, 0.2) is 6.29 Å². The Labute approximate surface area is 110 Å². The second kappa shape index (κ2) is 7.73. The second-order valence-electron chi connectivity index (χ2n) is 4.40. The summed E-state index contributed by atoms with van der Waals surface area (Å²) in [6, 6.07) is -0.825. The summed E-state index contributed by atoms with van der Waals surface area (Å²) in [4.78, 5) is 11.1. The standard InChI is InChI=1S/C11H21NO7/c1-6(15)12-10-7(16)4-9(18-3-2-13)19-11(10)8(17)5-14/h7-11,13-14,16-17H,2-5H2,1H3,(H,12,15)/t7-,8+,9?,10+,11+/m0/s1. The molecule has 1 heterocycles. The topological polar surface area (TPSA) is 128 Å². The summed E-state index contributed by atoms with van der Waals surface area (Å²) in [5.41, 5.74) is 0. The van der Waals surface area contributed by atoms with E-state index in [1.807, 2.05) is 0 Å². The zero-order chi connectivity index (χ0) is 14.4. The van der Waals surface area contributed by atoms with Crippen LogP contribution in [0.1, 0.15) is 13.3 Å². The van der Waals surface area contributed by atoms with E-state index < -0.39 is 37.3 Å². The lowest BCUT2D eigenvalue weighted by atomic mass is 9.94. The van der Waals surface area contributed by atoms with E-state index in [4.69, 9.17) is 19.7 Å². The first-order valence-corrected chi connectivity index (χ1v) is 6.11. The Morgan fingerprint density at radius 2 is 2.21 bits per heavy atom. The molecule has 0 aliphatic carbocycles. The lowest BCUT2D eigenvalue weighted by Crippen LogP contribution is -2.61. The van der Waals surface area contributed by atoms with E-state index in [9.17, 15) is 15.0 Å². The zero-order valence-electron chi connectivity index (χ0n) is 10.7. The number of ether oxygens (including phenoxy) is 2. The van der Waals surface area contributed by atoms with Crippen LogP contribution in [0.25, 0.3) is 0 Å². The van der Waals surface area contributed by atoms with Crippen LogP contribution in [0.2, 0.25) is 0 Å². The van der Waals surface area contributed by atoms with Gasteiger partial charge in [0, 0.05) is 13.3 Å². The van der Waals surface area contributed by atoms with Crippen LogP contribution in [0.3, 0.4) is 0 Å². The number of amides is 1. The second-order valence-corrected chi connectivity index (χ2v) is 4.40. The maximum absolute atomic E-state index is 11.1. The predicted octanol–water partition coefficient (Wildman–Crippen LogP) is -2.67. The Kier molecular flexibility index (Phi) is 6.63. The van der Waals surface area contributed by atoms with Gasteiger partial charge in [0.25, 0.3) is 0 Å². The van der Waals surface area contributed by atoms with Crippen LogP contribution in [-0.4, -0.2) is 76.8 Å². The van der Waals surface area contributed by atoms with Crippen molar-refractivity contribution >= 4 is 5.91 Å². The van der Waals surface area contributed by atoms with Gasteiger partial charge < -0.3 is 35.2 Å². The van der Waals surface area contributed by atoms with Crippen LogP contribution in [0.15, 0.2) is 0 Å². The lowest BCUT2D eigenvalue weighted by molar-refractivity contribution is -0.248. The molecule has 0 aromatic carbocycles. The van der Waals surface area contributed by atoms with Gasteiger partial charge in [-0.2, -0.15) is 0 Å². The number of aliphatic hydroxyl groups excluding tert-OH is 4. The summed E-state index contributed by atoms with van der Waals surface area (Å²) in [5.74, 6) is -0.377. The van der Waals surface area contributed by atoms with E-state index >= 15 is 0 Å². The highest BCUT2D eigenvalue weighted by Gasteiger charge is 2.42. The maximum atomic E-state index is 11.1. The van der Waals surface area contributed by atoms with Gasteiger partial charge in [-0.15, -0.1) is 0 Å². The largest absolute Gasteiger partial charge is 0.394 e. The van der Waals surface area contributed by atoms with Gasteiger partial charge in [0.2, 0.25) is 5.91 Å². The van der Waals surface area contributed by atoms with E-state index in [1.165, 1.54) is 6.92 Å². The van der Waals surface area contributed by atoms with Crippen LogP contribution in [0, 0.1) is 0 Å². The van der Waals surface area contributed by atoms with Crippen molar-refractivity contribution in [2.24, 2.45) is 0 Å². The normalized spacial score (nSPS) is 32.9. The Morgan fingerprint density at radius 3 is 2.74 bits per heavy atom. The highest BCUT2D eigenvalue weighted by Crippen LogP contribution is 2.23. The Balaban J connectivity index is 2.72. The summed E-state index contributed by atoms with van der Waals surface area (Å²) in [6.07, 6.45) is -3.93. The molecule has 8 nitrogen and oxygen atoms in total. The van der Waals surface area contributed by atoms with Crippen LogP contribution in [-0.2, 0) is 14.3 Å². The third-order valence-corrected chi connectivity index (χ3v) is 2.84. The van der Waals surface area contributed by atoms with E-state index in [0.29, 0.717) is 0 Å². The van der Waals surface area contributed by atoms with Gasteiger partial charge in [-0.1, -0.05) is 0 Å². The van der Waals surface area contributed by atoms with Crippen molar-refractivity contribution in [3.63, 3.8) is 0 Å². The van der Waals surface area contributed by atoms with Crippen LogP contribution >= 0.6 is 0 Å². The van der Waals surface area contributed by atoms with Crippen molar-refractivity contribution in [2.45, 2.75) is 44.0 Å². The molecule has 8 heteroatoms. The molecule has 1 aliphatic heterocycles. The summed E-state index contributed by atoms with van der Waals surface area (Å²) < 4.78 is 10.6. The van der Waals surface area contributed by atoms with Crippen LogP contribution in [0.5, 0.6) is 0 Å². The van der Waals surface area contributed by atoms with Gasteiger partial charge in [-0.3, -0.25) is 4.79 Å². The number of hydrogen-bond acceptors (Lipinski definition) is 7. The Hall–Kier alpha value is -0.770. The average Bonchev–Trinajstić information content (AvgIpc) is 2.37. The summed E-state index contributed by atoms with van der Waals surface area (Å²) >= 11 is 0. The molecule has 0 radical (unpaired) electrons. The summed E-state index contributed by atoms with van der Waals surface area (Å²) in [6.45, 7) is 0.548. The summed E-state index contributed by atoms with van der Waals surface area (Å²) in [7, 11) is 0. The number of carbonyl (C=O) groups is 1. The molecule has 0 aromatic heterocycles. The van der Waals surface area contributed by atoms with Crippen molar-refractivity contribution < 1.29 is 34.7 Å². The van der Waals surface area contributed by atoms with Crippen molar-refractivity contribution in [1.29, 1.82) is 0 Å². The fraction of sp³-hybridized carbons (Fsp3) is 0.909. The van der Waals surface area contributed by atoms with Crippen molar-refractivity contribution in [3.05, 3.63) is 0 Å². The Morgan fingerprint density at radius 1 is 1.53 bits per heavy atom. The fourth-order valence-corrected chi connectivity index (χ4v) is 2.02. The van der Waals surface area contributed by atoms with Crippen molar-refractivity contribution in [1.82, 2.24) is 5.32 Å². The molecule has 1 fully saturated rings. The van der Waals surface area contributed by atoms with Crippen LogP contribution < -0.4 is 5.32 Å². The smallest absolute Gasteiger partial charge is 0.217 e. The third-order valence-electron chi connectivity index (χ3n) is 2.84. The first-order chi connectivity index (χ1) is 8.99. The quantitative estimate of drug-likeness (QED) is 0.358. The molecular formula is C11H21NO7. The van der Waals surface area contributed by atoms with Gasteiger partial charge in [-0.25, -0.2) is 0 Å². The number of carbonyl (C=O) groups excluding carboxylic acids is 1. The van der Waals surface area contributed by atoms with E-state index in [1.54, 1.807) is 0 Å². The molecule has 112 valence electrons. The van der Waals surface area contributed by atoms with Crippen molar-refractivity contribution in [3.8, 4) is 0 Å². The van der Waals surface area contributed by atoms with E-state index in [2.05, 4.69) is 5.32 Å². The lowest BCUT2D eigenvalue weighted by Gasteiger charge is -2.41. The maximum Gasteiger partial charge on any atom is 0.217 e.